The number of carbonyl (C=O) groups excluding carboxylic acids is 2. The molecule has 0 radical (unpaired) electrons. The molecule has 0 saturated carbocycles. The van der Waals surface area contributed by atoms with Crippen LogP contribution in [0.25, 0.3) is 0 Å². The van der Waals surface area contributed by atoms with Crippen molar-refractivity contribution in [3.05, 3.63) is 0 Å². The summed E-state index contributed by atoms with van der Waals surface area (Å²) in [6.45, 7) is 3.59. The van der Waals surface area contributed by atoms with Crippen LogP contribution >= 0.6 is 0 Å². The quantitative estimate of drug-likeness (QED) is 0.621. The summed E-state index contributed by atoms with van der Waals surface area (Å²) in [6.07, 6.45) is 2.00. The second kappa shape index (κ2) is 7.23. The fourth-order valence-electron chi connectivity index (χ4n) is 1.25. The summed E-state index contributed by atoms with van der Waals surface area (Å²) in [5.41, 5.74) is 5.69. The summed E-state index contributed by atoms with van der Waals surface area (Å²) >= 11 is 0. The van der Waals surface area contributed by atoms with E-state index in [2.05, 4.69) is 10.1 Å². The highest BCUT2D eigenvalue weighted by atomic mass is 16.5. The van der Waals surface area contributed by atoms with Crippen molar-refractivity contribution < 1.29 is 14.3 Å². The first-order valence-corrected chi connectivity index (χ1v) is 5.14. The Morgan fingerprint density at radius 2 is 2.07 bits per heavy atom. The first-order valence-electron chi connectivity index (χ1n) is 5.14. The van der Waals surface area contributed by atoms with Gasteiger partial charge < -0.3 is 15.8 Å². The van der Waals surface area contributed by atoms with Crippen LogP contribution in [0.4, 0.5) is 0 Å². The van der Waals surface area contributed by atoms with Gasteiger partial charge in [0.25, 0.3) is 0 Å². The zero-order chi connectivity index (χ0) is 11.8. The Hall–Kier alpha value is -1.10. The third-order valence-electron chi connectivity index (χ3n) is 2.04. The fraction of sp³-hybridized carbons (Fsp3) is 0.800. The highest BCUT2D eigenvalue weighted by Crippen LogP contribution is 1.98. The van der Waals surface area contributed by atoms with Gasteiger partial charge in [-0.05, 0) is 13.3 Å². The summed E-state index contributed by atoms with van der Waals surface area (Å²) in [5.74, 6) is -0.665. The molecule has 0 saturated heterocycles. The van der Waals surface area contributed by atoms with Gasteiger partial charge in [-0.15, -0.1) is 0 Å². The van der Waals surface area contributed by atoms with Crippen LogP contribution in [0.3, 0.4) is 0 Å². The average Bonchev–Trinajstić information content (AvgIpc) is 2.16. The van der Waals surface area contributed by atoms with Gasteiger partial charge in [0.2, 0.25) is 5.91 Å². The fourth-order valence-corrected chi connectivity index (χ4v) is 1.25. The molecule has 3 N–H and O–H groups in total. The molecular weight excluding hydrogens is 196 g/mol. The maximum Gasteiger partial charge on any atom is 0.328 e. The van der Waals surface area contributed by atoms with E-state index in [4.69, 9.17) is 5.73 Å². The molecule has 5 nitrogen and oxygen atoms in total. The smallest absolute Gasteiger partial charge is 0.328 e. The van der Waals surface area contributed by atoms with Crippen molar-refractivity contribution in [2.45, 2.75) is 45.2 Å². The highest BCUT2D eigenvalue weighted by molar-refractivity contribution is 5.84. The maximum atomic E-state index is 11.4. The minimum absolute atomic E-state index is 0.139. The molecule has 0 aromatic carbocycles. The first kappa shape index (κ1) is 13.9. The molecule has 0 aliphatic heterocycles. The Balaban J connectivity index is 3.87. The Morgan fingerprint density at radius 1 is 1.47 bits per heavy atom. The van der Waals surface area contributed by atoms with Gasteiger partial charge in [-0.2, -0.15) is 0 Å². The van der Waals surface area contributed by atoms with Crippen LogP contribution < -0.4 is 11.1 Å². The molecule has 15 heavy (non-hydrogen) atoms. The van der Waals surface area contributed by atoms with Crippen LogP contribution in [-0.4, -0.2) is 31.1 Å². The number of hydrogen-bond donors (Lipinski definition) is 2. The lowest BCUT2D eigenvalue weighted by atomic mass is 10.1. The Kier molecular flexibility index (Phi) is 6.70. The summed E-state index contributed by atoms with van der Waals surface area (Å²) in [5, 5.41) is 2.53. The van der Waals surface area contributed by atoms with Gasteiger partial charge in [-0.3, -0.25) is 4.79 Å². The zero-order valence-electron chi connectivity index (χ0n) is 9.58. The minimum Gasteiger partial charge on any atom is -0.467 e. The Bertz CT molecular complexity index is 219. The maximum absolute atomic E-state index is 11.4. The van der Waals surface area contributed by atoms with Gasteiger partial charge in [0, 0.05) is 12.5 Å². The SMILES string of the molecule is CCCC(N)CC(=O)NC(C)C(=O)OC. The average molecular weight is 216 g/mol. The molecule has 0 fully saturated rings. The Labute approximate surface area is 90.4 Å². The molecule has 0 aromatic heterocycles. The minimum atomic E-state index is -0.615. The van der Waals surface area contributed by atoms with Crippen molar-refractivity contribution in [1.82, 2.24) is 5.32 Å². The van der Waals surface area contributed by atoms with Crippen molar-refractivity contribution in [3.8, 4) is 0 Å². The molecule has 1 amide bonds. The molecule has 0 heterocycles. The van der Waals surface area contributed by atoms with E-state index in [9.17, 15) is 9.59 Å². The zero-order valence-corrected chi connectivity index (χ0v) is 9.58. The lowest BCUT2D eigenvalue weighted by Gasteiger charge is -2.14. The Morgan fingerprint density at radius 3 is 2.53 bits per heavy atom. The van der Waals surface area contributed by atoms with Crippen LogP contribution in [0.5, 0.6) is 0 Å². The number of nitrogens with one attached hydrogen (secondary N) is 1. The molecule has 0 aromatic rings. The first-order chi connectivity index (χ1) is 7.01. The largest absolute Gasteiger partial charge is 0.467 e. The van der Waals surface area contributed by atoms with E-state index < -0.39 is 12.0 Å². The van der Waals surface area contributed by atoms with E-state index in [1.54, 1.807) is 6.92 Å². The molecule has 88 valence electrons. The second-order valence-corrected chi connectivity index (χ2v) is 3.57. The lowest BCUT2D eigenvalue weighted by Crippen LogP contribution is -2.41. The van der Waals surface area contributed by atoms with Gasteiger partial charge in [-0.1, -0.05) is 13.3 Å². The molecule has 0 aliphatic rings. The van der Waals surface area contributed by atoms with Crippen molar-refractivity contribution in [3.63, 3.8) is 0 Å². The van der Waals surface area contributed by atoms with E-state index >= 15 is 0 Å². The van der Waals surface area contributed by atoms with Crippen molar-refractivity contribution in [2.75, 3.05) is 7.11 Å². The molecule has 0 spiro atoms. The molecular formula is C10H20N2O3. The van der Waals surface area contributed by atoms with Crippen LogP contribution in [0.1, 0.15) is 33.1 Å². The molecule has 5 heteroatoms. The summed E-state index contributed by atoms with van der Waals surface area (Å²) in [6, 6.07) is -0.754. The van der Waals surface area contributed by atoms with Crippen molar-refractivity contribution >= 4 is 11.9 Å². The monoisotopic (exact) mass is 216 g/mol. The van der Waals surface area contributed by atoms with E-state index in [1.807, 2.05) is 6.92 Å². The van der Waals surface area contributed by atoms with Crippen LogP contribution in [-0.2, 0) is 14.3 Å². The number of esters is 1. The number of rotatable bonds is 6. The predicted molar refractivity (Wildman–Crippen MR) is 57.1 cm³/mol. The standard InChI is InChI=1S/C10H20N2O3/c1-4-5-8(11)6-9(13)12-7(2)10(14)15-3/h7-8H,4-6,11H2,1-3H3,(H,12,13). The van der Waals surface area contributed by atoms with E-state index in [0.717, 1.165) is 12.8 Å². The number of methoxy groups -OCH3 is 1. The topological polar surface area (TPSA) is 81.4 Å². The van der Waals surface area contributed by atoms with Gasteiger partial charge in [-0.25, -0.2) is 4.79 Å². The number of amides is 1. The number of nitrogens with two attached hydrogens (primary N) is 1. The number of carbonyl (C=O) groups is 2. The van der Waals surface area contributed by atoms with Crippen LogP contribution in [0, 0.1) is 0 Å². The summed E-state index contributed by atoms with van der Waals surface area (Å²) in [4.78, 5) is 22.4. The lowest BCUT2D eigenvalue weighted by molar-refractivity contribution is -0.144. The van der Waals surface area contributed by atoms with Gasteiger partial charge in [0.15, 0.2) is 0 Å². The molecule has 2 atom stereocenters. The van der Waals surface area contributed by atoms with Crippen LogP contribution in [0.15, 0.2) is 0 Å². The summed E-state index contributed by atoms with van der Waals surface area (Å²) < 4.78 is 4.48. The van der Waals surface area contributed by atoms with Gasteiger partial charge in [0.05, 0.1) is 7.11 Å². The molecule has 0 aliphatic carbocycles. The molecule has 0 rings (SSSR count). The van der Waals surface area contributed by atoms with Crippen LogP contribution in [0.2, 0.25) is 0 Å². The third-order valence-corrected chi connectivity index (χ3v) is 2.04. The third kappa shape index (κ3) is 6.06. The summed E-state index contributed by atoms with van der Waals surface area (Å²) in [7, 11) is 1.29. The second-order valence-electron chi connectivity index (χ2n) is 3.57. The van der Waals surface area contributed by atoms with Crippen molar-refractivity contribution in [1.29, 1.82) is 0 Å². The van der Waals surface area contributed by atoms with Gasteiger partial charge >= 0.3 is 5.97 Å². The van der Waals surface area contributed by atoms with Gasteiger partial charge in [0.1, 0.15) is 6.04 Å². The normalized spacial score (nSPS) is 14.1. The predicted octanol–water partition coefficient (Wildman–Crippen LogP) is 0.182. The number of ether oxygens (including phenoxy) is 1. The van der Waals surface area contributed by atoms with Crippen molar-refractivity contribution in [2.24, 2.45) is 5.73 Å². The highest BCUT2D eigenvalue weighted by Gasteiger charge is 2.16. The van der Waals surface area contributed by atoms with E-state index in [-0.39, 0.29) is 18.4 Å². The molecule has 2 unspecified atom stereocenters. The molecule has 0 bridgehead atoms. The van der Waals surface area contributed by atoms with E-state index in [0.29, 0.717) is 0 Å². The number of hydrogen-bond acceptors (Lipinski definition) is 4. The van der Waals surface area contributed by atoms with E-state index in [1.165, 1.54) is 7.11 Å².